The molecule has 1 aromatic rings. The summed E-state index contributed by atoms with van der Waals surface area (Å²) in [6, 6.07) is 5.91. The summed E-state index contributed by atoms with van der Waals surface area (Å²) in [7, 11) is -3.22. The number of benzene rings is 1. The van der Waals surface area contributed by atoms with E-state index in [-0.39, 0.29) is 5.75 Å². The lowest BCUT2D eigenvalue weighted by molar-refractivity contribution is 0.593. The number of fused-ring (bicyclic) bond motifs is 1. The van der Waals surface area contributed by atoms with Crippen LogP contribution >= 0.6 is 0 Å². The maximum atomic E-state index is 12.0. The Kier molecular flexibility index (Phi) is 5.43. The number of rotatable bonds is 8. The minimum Gasteiger partial charge on any atom is -0.317 e. The SMILES string of the molecule is CCNCCCCS(=O)(=O)Nc1ccc2c(c1)CCC2. The zero-order chi connectivity index (χ0) is 14.4. The third-order valence-electron chi connectivity index (χ3n) is 3.64. The lowest BCUT2D eigenvalue weighted by atomic mass is 10.1. The van der Waals surface area contributed by atoms with E-state index in [0.717, 1.165) is 32.4 Å². The molecule has 0 amide bonds. The van der Waals surface area contributed by atoms with Gasteiger partial charge in [-0.1, -0.05) is 13.0 Å². The Hall–Kier alpha value is -1.07. The average Bonchev–Trinajstić information content (AvgIpc) is 2.85. The van der Waals surface area contributed by atoms with Crippen LogP contribution in [0.2, 0.25) is 0 Å². The predicted molar refractivity (Wildman–Crippen MR) is 83.7 cm³/mol. The lowest BCUT2D eigenvalue weighted by Gasteiger charge is -2.09. The smallest absolute Gasteiger partial charge is 0.232 e. The molecule has 0 radical (unpaired) electrons. The first-order valence-electron chi connectivity index (χ1n) is 7.44. The van der Waals surface area contributed by atoms with E-state index in [2.05, 4.69) is 10.0 Å². The van der Waals surface area contributed by atoms with Crippen molar-refractivity contribution in [1.82, 2.24) is 5.32 Å². The standard InChI is InChI=1S/C15H24N2O2S/c1-2-16-10-3-4-11-20(18,19)17-15-9-8-13-6-5-7-14(13)12-15/h8-9,12,16-17H,2-7,10-11H2,1H3. The molecule has 2 N–H and O–H groups in total. The molecule has 4 nitrogen and oxygen atoms in total. The van der Waals surface area contributed by atoms with E-state index in [4.69, 9.17) is 0 Å². The first-order valence-corrected chi connectivity index (χ1v) is 9.09. The molecule has 0 spiro atoms. The summed E-state index contributed by atoms with van der Waals surface area (Å²) >= 11 is 0. The van der Waals surface area contributed by atoms with Gasteiger partial charge in [-0.25, -0.2) is 8.42 Å². The van der Waals surface area contributed by atoms with Crippen molar-refractivity contribution in [2.75, 3.05) is 23.6 Å². The Morgan fingerprint density at radius 3 is 2.75 bits per heavy atom. The number of hydrogen-bond acceptors (Lipinski definition) is 3. The number of aryl methyl sites for hydroxylation is 2. The van der Waals surface area contributed by atoms with Crippen molar-refractivity contribution < 1.29 is 8.42 Å². The molecule has 0 fully saturated rings. The molecule has 2 rings (SSSR count). The molecule has 0 atom stereocenters. The van der Waals surface area contributed by atoms with Gasteiger partial charge < -0.3 is 5.32 Å². The van der Waals surface area contributed by atoms with E-state index in [1.165, 1.54) is 17.5 Å². The molecule has 0 aromatic heterocycles. The van der Waals surface area contributed by atoms with Crippen molar-refractivity contribution >= 4 is 15.7 Å². The van der Waals surface area contributed by atoms with Gasteiger partial charge in [-0.05, 0) is 68.5 Å². The second-order valence-electron chi connectivity index (χ2n) is 5.32. The van der Waals surface area contributed by atoms with Gasteiger partial charge in [-0.15, -0.1) is 0 Å². The number of unbranched alkanes of at least 4 members (excludes halogenated alkanes) is 1. The molecule has 1 aromatic carbocycles. The van der Waals surface area contributed by atoms with Crippen molar-refractivity contribution in [1.29, 1.82) is 0 Å². The van der Waals surface area contributed by atoms with Gasteiger partial charge in [-0.2, -0.15) is 0 Å². The highest BCUT2D eigenvalue weighted by Gasteiger charge is 2.14. The number of anilines is 1. The summed E-state index contributed by atoms with van der Waals surface area (Å²) in [4.78, 5) is 0. The van der Waals surface area contributed by atoms with E-state index in [1.807, 2.05) is 25.1 Å². The van der Waals surface area contributed by atoms with Gasteiger partial charge in [0.2, 0.25) is 10.0 Å². The summed E-state index contributed by atoms with van der Waals surface area (Å²) < 4.78 is 26.7. The van der Waals surface area contributed by atoms with Gasteiger partial charge in [0.05, 0.1) is 5.75 Å². The van der Waals surface area contributed by atoms with Gasteiger partial charge in [0.1, 0.15) is 0 Å². The van der Waals surface area contributed by atoms with Crippen molar-refractivity contribution in [3.05, 3.63) is 29.3 Å². The Morgan fingerprint density at radius 1 is 1.15 bits per heavy atom. The summed E-state index contributed by atoms with van der Waals surface area (Å²) in [6.45, 7) is 3.86. The minimum absolute atomic E-state index is 0.190. The Labute approximate surface area is 122 Å². The highest BCUT2D eigenvalue weighted by molar-refractivity contribution is 7.92. The van der Waals surface area contributed by atoms with Gasteiger partial charge in [-0.3, -0.25) is 4.72 Å². The molecular weight excluding hydrogens is 272 g/mol. The van der Waals surface area contributed by atoms with Crippen LogP contribution < -0.4 is 10.0 Å². The van der Waals surface area contributed by atoms with E-state index < -0.39 is 10.0 Å². The topological polar surface area (TPSA) is 58.2 Å². The second-order valence-corrected chi connectivity index (χ2v) is 7.16. The van der Waals surface area contributed by atoms with E-state index >= 15 is 0 Å². The first kappa shape index (κ1) is 15.3. The van der Waals surface area contributed by atoms with E-state index in [0.29, 0.717) is 12.1 Å². The van der Waals surface area contributed by atoms with Crippen LogP contribution in [0.1, 0.15) is 37.3 Å². The summed E-state index contributed by atoms with van der Waals surface area (Å²) in [5, 5.41) is 3.20. The lowest BCUT2D eigenvalue weighted by Crippen LogP contribution is -2.19. The molecular formula is C15H24N2O2S. The van der Waals surface area contributed by atoms with Crippen LogP contribution in [-0.2, 0) is 22.9 Å². The minimum atomic E-state index is -3.22. The fourth-order valence-corrected chi connectivity index (χ4v) is 3.76. The summed E-state index contributed by atoms with van der Waals surface area (Å²) in [5.74, 6) is 0.190. The second kappa shape index (κ2) is 7.09. The maximum absolute atomic E-state index is 12.0. The van der Waals surface area contributed by atoms with Crippen LogP contribution in [0.5, 0.6) is 0 Å². The quantitative estimate of drug-likeness (QED) is 0.724. The fraction of sp³-hybridized carbons (Fsp3) is 0.600. The average molecular weight is 296 g/mol. The molecule has 20 heavy (non-hydrogen) atoms. The van der Waals surface area contributed by atoms with Crippen LogP contribution in [0.15, 0.2) is 18.2 Å². The highest BCUT2D eigenvalue weighted by atomic mass is 32.2. The normalized spacial score (nSPS) is 14.2. The molecule has 0 unspecified atom stereocenters. The first-order chi connectivity index (χ1) is 9.61. The van der Waals surface area contributed by atoms with Gasteiger partial charge >= 0.3 is 0 Å². The van der Waals surface area contributed by atoms with E-state index in [9.17, 15) is 8.42 Å². The van der Waals surface area contributed by atoms with E-state index in [1.54, 1.807) is 0 Å². The molecule has 112 valence electrons. The largest absolute Gasteiger partial charge is 0.317 e. The third kappa shape index (κ3) is 4.49. The van der Waals surface area contributed by atoms with Gasteiger partial charge in [0.15, 0.2) is 0 Å². The van der Waals surface area contributed by atoms with Gasteiger partial charge in [0, 0.05) is 5.69 Å². The maximum Gasteiger partial charge on any atom is 0.232 e. The Balaban J connectivity index is 1.85. The molecule has 5 heteroatoms. The summed E-state index contributed by atoms with van der Waals surface area (Å²) in [6.07, 6.45) is 4.93. The molecule has 0 aliphatic heterocycles. The number of hydrogen-bond donors (Lipinski definition) is 2. The third-order valence-corrected chi connectivity index (χ3v) is 5.01. The zero-order valence-electron chi connectivity index (χ0n) is 12.1. The van der Waals surface area contributed by atoms with Crippen LogP contribution in [-0.4, -0.2) is 27.3 Å². The molecule has 0 bridgehead atoms. The monoisotopic (exact) mass is 296 g/mol. The summed E-state index contributed by atoms with van der Waals surface area (Å²) in [5.41, 5.74) is 3.35. The molecule has 0 saturated heterocycles. The van der Waals surface area contributed by atoms with Crippen LogP contribution in [0.3, 0.4) is 0 Å². The van der Waals surface area contributed by atoms with Crippen molar-refractivity contribution in [2.24, 2.45) is 0 Å². The molecule has 0 heterocycles. The van der Waals surface area contributed by atoms with Crippen molar-refractivity contribution in [3.63, 3.8) is 0 Å². The van der Waals surface area contributed by atoms with Crippen molar-refractivity contribution in [2.45, 2.75) is 39.0 Å². The highest BCUT2D eigenvalue weighted by Crippen LogP contribution is 2.25. The predicted octanol–water partition coefficient (Wildman–Crippen LogP) is 2.31. The Morgan fingerprint density at radius 2 is 1.95 bits per heavy atom. The number of sulfonamides is 1. The molecule has 0 saturated carbocycles. The zero-order valence-corrected chi connectivity index (χ0v) is 12.9. The molecule has 1 aliphatic carbocycles. The Bertz CT molecular complexity index is 541. The molecule has 1 aliphatic rings. The number of nitrogens with one attached hydrogen (secondary N) is 2. The van der Waals surface area contributed by atoms with Crippen LogP contribution in [0, 0.1) is 0 Å². The fourth-order valence-electron chi connectivity index (χ4n) is 2.58. The van der Waals surface area contributed by atoms with Gasteiger partial charge in [0.25, 0.3) is 0 Å². The van der Waals surface area contributed by atoms with Crippen molar-refractivity contribution in [3.8, 4) is 0 Å². The van der Waals surface area contributed by atoms with Crippen LogP contribution in [0.4, 0.5) is 5.69 Å². The van der Waals surface area contributed by atoms with Crippen LogP contribution in [0.25, 0.3) is 0 Å².